The molecule has 2 atom stereocenters. The number of amides is 1. The van der Waals surface area contributed by atoms with E-state index in [1.54, 1.807) is 43.3 Å². The molecule has 0 bridgehead atoms. The number of nitrogens with two attached hydrogens (primary N) is 1. The highest BCUT2D eigenvalue weighted by atomic mass is 35.5. The maximum absolute atomic E-state index is 13.9. The lowest BCUT2D eigenvalue weighted by atomic mass is 10.1. The summed E-state index contributed by atoms with van der Waals surface area (Å²) >= 11 is 13.3. The van der Waals surface area contributed by atoms with Crippen LogP contribution >= 0.6 is 35.0 Å². The lowest BCUT2D eigenvalue weighted by Gasteiger charge is -2.18. The zero-order chi connectivity index (χ0) is 21.8. The van der Waals surface area contributed by atoms with Crippen molar-refractivity contribution in [1.82, 2.24) is 20.2 Å². The molecule has 1 heterocycles. The number of nitrogen functional groups attached to an aromatic ring is 1. The Morgan fingerprint density at radius 2 is 1.97 bits per heavy atom. The highest BCUT2D eigenvalue weighted by Crippen LogP contribution is 2.27. The van der Waals surface area contributed by atoms with Crippen molar-refractivity contribution in [2.45, 2.75) is 36.7 Å². The molecular formula is C20H20Cl2FN5OS. The first-order valence-corrected chi connectivity index (χ1v) is 10.7. The van der Waals surface area contributed by atoms with Crippen LogP contribution < -0.4 is 11.2 Å². The van der Waals surface area contributed by atoms with Gasteiger partial charge in [-0.25, -0.2) is 9.07 Å². The summed E-state index contributed by atoms with van der Waals surface area (Å²) in [5, 5.41) is 11.9. The maximum atomic E-state index is 13.9. The highest BCUT2D eigenvalue weighted by Gasteiger charge is 2.22. The summed E-state index contributed by atoms with van der Waals surface area (Å²) < 4.78 is 15.1. The number of nitrogens with one attached hydrogen (secondary N) is 1. The first kappa shape index (κ1) is 22.4. The summed E-state index contributed by atoms with van der Waals surface area (Å²) in [6, 6.07) is 11.2. The number of thioether (sulfide) groups is 1. The van der Waals surface area contributed by atoms with Crippen LogP contribution in [0.1, 0.15) is 36.8 Å². The van der Waals surface area contributed by atoms with Gasteiger partial charge in [0.15, 0.2) is 5.82 Å². The Labute approximate surface area is 187 Å². The van der Waals surface area contributed by atoms with Crippen molar-refractivity contribution >= 4 is 40.9 Å². The predicted octanol–water partition coefficient (Wildman–Crippen LogP) is 4.39. The van der Waals surface area contributed by atoms with Gasteiger partial charge >= 0.3 is 0 Å². The Balaban J connectivity index is 1.64. The van der Waals surface area contributed by atoms with Crippen molar-refractivity contribution in [3.8, 4) is 0 Å². The van der Waals surface area contributed by atoms with E-state index in [0.717, 1.165) is 17.3 Å². The van der Waals surface area contributed by atoms with E-state index in [1.807, 2.05) is 6.92 Å². The number of nitrogens with zero attached hydrogens (tertiary/aromatic N) is 3. The van der Waals surface area contributed by atoms with Gasteiger partial charge in [0.25, 0.3) is 0 Å². The van der Waals surface area contributed by atoms with Gasteiger partial charge in [0.2, 0.25) is 11.1 Å². The molecule has 2 aromatic carbocycles. The minimum absolute atomic E-state index is 0.198. The molecule has 10 heteroatoms. The fraction of sp³-hybridized carbons (Fsp3) is 0.250. The molecule has 0 spiro atoms. The van der Waals surface area contributed by atoms with E-state index in [2.05, 4.69) is 15.5 Å². The van der Waals surface area contributed by atoms with Gasteiger partial charge in [-0.2, -0.15) is 0 Å². The summed E-state index contributed by atoms with van der Waals surface area (Å²) in [6.07, 6.45) is 0.198. The van der Waals surface area contributed by atoms with Gasteiger partial charge in [-0.15, -0.1) is 10.2 Å². The van der Waals surface area contributed by atoms with Crippen molar-refractivity contribution in [3.63, 3.8) is 0 Å². The van der Waals surface area contributed by atoms with E-state index < -0.39 is 5.25 Å². The number of hydrogen-bond donors (Lipinski definition) is 2. The van der Waals surface area contributed by atoms with Crippen LogP contribution in [0.4, 0.5) is 4.39 Å². The topological polar surface area (TPSA) is 85.8 Å². The van der Waals surface area contributed by atoms with Crippen LogP contribution in [0, 0.1) is 5.82 Å². The molecule has 0 aliphatic heterocycles. The molecule has 3 N–H and O–H groups in total. The number of rotatable bonds is 7. The average Bonchev–Trinajstić information content (AvgIpc) is 3.03. The molecule has 6 nitrogen and oxygen atoms in total. The number of aromatic nitrogens is 3. The van der Waals surface area contributed by atoms with E-state index in [-0.39, 0.29) is 24.2 Å². The second kappa shape index (κ2) is 9.68. The monoisotopic (exact) mass is 467 g/mol. The lowest BCUT2D eigenvalue weighted by Crippen LogP contribution is -2.33. The Bertz CT molecular complexity index is 1060. The minimum Gasteiger partial charge on any atom is -0.349 e. The second-order valence-electron chi connectivity index (χ2n) is 6.69. The molecule has 0 aliphatic carbocycles. The summed E-state index contributed by atoms with van der Waals surface area (Å²) in [4.78, 5) is 12.6. The standard InChI is InChI=1S/C20H20Cl2FN5OS/c1-11(15-8-7-14(21)10-16(15)22)25-19(29)12(2)30-20-27-26-18(28(20)24)9-13-5-3-4-6-17(13)23/h3-8,10-12H,9,24H2,1-2H3,(H,25,29)/t11-,12-/m1/s1. The third-order valence-electron chi connectivity index (χ3n) is 4.48. The van der Waals surface area contributed by atoms with Crippen LogP contribution in [0.15, 0.2) is 47.6 Å². The van der Waals surface area contributed by atoms with Gasteiger partial charge in [0.05, 0.1) is 11.3 Å². The van der Waals surface area contributed by atoms with Crippen LogP contribution in [0.5, 0.6) is 0 Å². The van der Waals surface area contributed by atoms with Crippen molar-refractivity contribution in [1.29, 1.82) is 0 Å². The third kappa shape index (κ3) is 5.24. The average molecular weight is 468 g/mol. The van der Waals surface area contributed by atoms with E-state index >= 15 is 0 Å². The highest BCUT2D eigenvalue weighted by molar-refractivity contribution is 8.00. The zero-order valence-electron chi connectivity index (χ0n) is 16.3. The molecule has 1 amide bonds. The zero-order valence-corrected chi connectivity index (χ0v) is 18.6. The SMILES string of the molecule is C[C@@H](Sc1nnc(Cc2ccccc2F)n1N)C(=O)N[C@H](C)c1ccc(Cl)cc1Cl. The number of carbonyl (C=O) groups excluding carboxylic acids is 1. The molecule has 0 radical (unpaired) electrons. The molecule has 3 aromatic rings. The number of benzene rings is 2. The minimum atomic E-state index is -0.494. The van der Waals surface area contributed by atoms with Gasteiger partial charge < -0.3 is 11.2 Å². The maximum Gasteiger partial charge on any atom is 0.233 e. The first-order chi connectivity index (χ1) is 14.3. The quantitative estimate of drug-likeness (QED) is 0.397. The van der Waals surface area contributed by atoms with E-state index in [0.29, 0.717) is 26.6 Å². The van der Waals surface area contributed by atoms with Crippen LogP contribution in [0.25, 0.3) is 0 Å². The molecule has 0 aliphatic rings. The van der Waals surface area contributed by atoms with Gasteiger partial charge in [0, 0.05) is 16.5 Å². The molecule has 158 valence electrons. The Hall–Kier alpha value is -2.29. The number of carbonyl (C=O) groups is 1. The van der Waals surface area contributed by atoms with Gasteiger partial charge in [-0.05, 0) is 43.2 Å². The van der Waals surface area contributed by atoms with Crippen LogP contribution in [-0.4, -0.2) is 26.0 Å². The molecule has 0 unspecified atom stereocenters. The van der Waals surface area contributed by atoms with Crippen LogP contribution in [0.2, 0.25) is 10.0 Å². The van der Waals surface area contributed by atoms with Gasteiger partial charge in [0.1, 0.15) is 5.82 Å². The molecule has 0 saturated heterocycles. The third-order valence-corrected chi connectivity index (χ3v) is 6.10. The summed E-state index contributed by atoms with van der Waals surface area (Å²) in [6.45, 7) is 3.57. The van der Waals surface area contributed by atoms with Crippen molar-refractivity contribution < 1.29 is 9.18 Å². The normalized spacial score (nSPS) is 13.1. The predicted molar refractivity (Wildman–Crippen MR) is 118 cm³/mol. The molecular weight excluding hydrogens is 448 g/mol. The lowest BCUT2D eigenvalue weighted by molar-refractivity contribution is -0.120. The summed E-state index contributed by atoms with van der Waals surface area (Å²) in [7, 11) is 0. The first-order valence-electron chi connectivity index (χ1n) is 9.11. The molecule has 3 rings (SSSR count). The van der Waals surface area contributed by atoms with Crippen molar-refractivity contribution in [3.05, 3.63) is 75.3 Å². The molecule has 0 saturated carbocycles. The van der Waals surface area contributed by atoms with Crippen LogP contribution in [0.3, 0.4) is 0 Å². The summed E-state index contributed by atoms with van der Waals surface area (Å²) in [5.74, 6) is 5.92. The van der Waals surface area contributed by atoms with E-state index in [9.17, 15) is 9.18 Å². The largest absolute Gasteiger partial charge is 0.349 e. The Morgan fingerprint density at radius 3 is 2.67 bits per heavy atom. The van der Waals surface area contributed by atoms with Gasteiger partial charge in [-0.1, -0.05) is 59.2 Å². The fourth-order valence-corrected chi connectivity index (χ4v) is 4.16. The molecule has 30 heavy (non-hydrogen) atoms. The van der Waals surface area contributed by atoms with Crippen molar-refractivity contribution in [2.75, 3.05) is 5.84 Å². The van der Waals surface area contributed by atoms with Gasteiger partial charge in [-0.3, -0.25) is 4.79 Å². The van der Waals surface area contributed by atoms with E-state index in [4.69, 9.17) is 29.0 Å². The van der Waals surface area contributed by atoms with Crippen LogP contribution in [-0.2, 0) is 11.2 Å². The smallest absolute Gasteiger partial charge is 0.233 e. The molecule has 1 aromatic heterocycles. The van der Waals surface area contributed by atoms with E-state index in [1.165, 1.54) is 10.7 Å². The Kier molecular flexibility index (Phi) is 7.23. The Morgan fingerprint density at radius 1 is 1.23 bits per heavy atom. The second-order valence-corrected chi connectivity index (χ2v) is 8.84. The fourth-order valence-electron chi connectivity index (χ4n) is 2.79. The number of hydrogen-bond acceptors (Lipinski definition) is 5. The van der Waals surface area contributed by atoms with Crippen molar-refractivity contribution in [2.24, 2.45) is 0 Å². The summed E-state index contributed by atoms with van der Waals surface area (Å²) in [5.41, 5.74) is 1.23. The molecule has 0 fully saturated rings. The number of halogens is 3.